The number of hydrogen-bond donors (Lipinski definition) is 1. The van der Waals surface area contributed by atoms with Crippen molar-refractivity contribution in [2.45, 2.75) is 6.18 Å². The molecule has 0 saturated heterocycles. The second-order valence-electron chi connectivity index (χ2n) is 3.41. The van der Waals surface area contributed by atoms with Crippen LogP contribution in [0.25, 0.3) is 5.82 Å². The normalized spacial score (nSPS) is 11.5. The summed E-state index contributed by atoms with van der Waals surface area (Å²) in [4.78, 5) is 14.4. The van der Waals surface area contributed by atoms with Crippen molar-refractivity contribution >= 4 is 5.91 Å². The van der Waals surface area contributed by atoms with Gasteiger partial charge in [0.1, 0.15) is 5.69 Å². The molecule has 0 aliphatic rings. The smallest absolute Gasteiger partial charge is 0.364 e. The van der Waals surface area contributed by atoms with Gasteiger partial charge in [-0.15, -0.1) is 0 Å². The zero-order valence-electron chi connectivity index (χ0n) is 8.85. The van der Waals surface area contributed by atoms with Gasteiger partial charge in [-0.1, -0.05) is 0 Å². The quantitative estimate of drug-likeness (QED) is 0.882. The summed E-state index contributed by atoms with van der Waals surface area (Å²) in [6.45, 7) is 0. The maximum absolute atomic E-state index is 12.3. The standard InChI is InChI=1S/C10H7F3N4O/c11-10(12,13)6-1-2-8(15-5-6)17-4-3-7(16-17)9(14)18/h1-5H,(H2,14,18). The first-order chi connectivity index (χ1) is 8.38. The molecule has 0 saturated carbocycles. The number of pyridine rings is 1. The van der Waals surface area contributed by atoms with Gasteiger partial charge in [0.2, 0.25) is 0 Å². The van der Waals surface area contributed by atoms with Gasteiger partial charge in [-0.05, 0) is 18.2 Å². The molecule has 2 heterocycles. The fourth-order valence-corrected chi connectivity index (χ4v) is 1.27. The van der Waals surface area contributed by atoms with E-state index >= 15 is 0 Å². The minimum atomic E-state index is -4.44. The summed E-state index contributed by atoms with van der Waals surface area (Å²) in [6.07, 6.45) is -2.36. The number of alkyl halides is 3. The van der Waals surface area contributed by atoms with Crippen LogP contribution in [0.5, 0.6) is 0 Å². The third-order valence-electron chi connectivity index (χ3n) is 2.15. The van der Waals surface area contributed by atoms with Crippen LogP contribution in [0.3, 0.4) is 0 Å². The van der Waals surface area contributed by atoms with E-state index in [0.29, 0.717) is 6.20 Å². The average Bonchev–Trinajstić information content (AvgIpc) is 2.77. The Morgan fingerprint density at radius 2 is 2.00 bits per heavy atom. The van der Waals surface area contributed by atoms with Crippen molar-refractivity contribution < 1.29 is 18.0 Å². The van der Waals surface area contributed by atoms with Crippen molar-refractivity contribution in [3.05, 3.63) is 41.9 Å². The van der Waals surface area contributed by atoms with Crippen LogP contribution in [0.4, 0.5) is 13.2 Å². The number of nitrogens with zero attached hydrogens (tertiary/aromatic N) is 3. The molecule has 0 fully saturated rings. The van der Waals surface area contributed by atoms with E-state index in [4.69, 9.17) is 5.73 Å². The molecule has 0 aliphatic carbocycles. The highest BCUT2D eigenvalue weighted by Crippen LogP contribution is 2.28. The maximum Gasteiger partial charge on any atom is 0.417 e. The van der Waals surface area contributed by atoms with E-state index in [0.717, 1.165) is 12.1 Å². The Hall–Kier alpha value is -2.38. The number of hydrogen-bond acceptors (Lipinski definition) is 3. The van der Waals surface area contributed by atoms with Gasteiger partial charge in [-0.2, -0.15) is 18.3 Å². The van der Waals surface area contributed by atoms with E-state index in [1.807, 2.05) is 0 Å². The molecular formula is C10H7F3N4O. The van der Waals surface area contributed by atoms with Gasteiger partial charge in [-0.25, -0.2) is 9.67 Å². The number of aromatic nitrogens is 3. The minimum Gasteiger partial charge on any atom is -0.364 e. The van der Waals surface area contributed by atoms with Crippen LogP contribution in [-0.2, 0) is 6.18 Å². The van der Waals surface area contributed by atoms with E-state index in [1.165, 1.54) is 16.9 Å². The van der Waals surface area contributed by atoms with Crippen LogP contribution in [0.2, 0.25) is 0 Å². The number of nitrogens with two attached hydrogens (primary N) is 1. The number of rotatable bonds is 2. The van der Waals surface area contributed by atoms with Gasteiger partial charge >= 0.3 is 6.18 Å². The Morgan fingerprint density at radius 3 is 2.44 bits per heavy atom. The van der Waals surface area contributed by atoms with Crippen molar-refractivity contribution in [3.8, 4) is 5.82 Å². The van der Waals surface area contributed by atoms with Gasteiger partial charge in [0, 0.05) is 12.4 Å². The van der Waals surface area contributed by atoms with Crippen LogP contribution < -0.4 is 5.73 Å². The topological polar surface area (TPSA) is 73.8 Å². The second-order valence-corrected chi connectivity index (χ2v) is 3.41. The predicted molar refractivity (Wildman–Crippen MR) is 54.9 cm³/mol. The summed E-state index contributed by atoms with van der Waals surface area (Å²) in [5.41, 5.74) is 4.16. The van der Waals surface area contributed by atoms with Gasteiger partial charge in [-0.3, -0.25) is 4.79 Å². The molecule has 18 heavy (non-hydrogen) atoms. The number of carbonyl (C=O) groups excluding carboxylic acids is 1. The molecule has 0 radical (unpaired) electrons. The fraction of sp³-hybridized carbons (Fsp3) is 0.100. The largest absolute Gasteiger partial charge is 0.417 e. The van der Waals surface area contributed by atoms with Gasteiger partial charge < -0.3 is 5.73 Å². The molecule has 2 aromatic heterocycles. The molecule has 1 amide bonds. The number of carbonyl (C=O) groups is 1. The molecular weight excluding hydrogens is 249 g/mol. The molecule has 5 nitrogen and oxygen atoms in total. The van der Waals surface area contributed by atoms with Crippen molar-refractivity contribution in [2.75, 3.05) is 0 Å². The molecule has 2 aromatic rings. The van der Waals surface area contributed by atoms with Gasteiger partial charge in [0.05, 0.1) is 5.56 Å². The van der Waals surface area contributed by atoms with E-state index in [1.54, 1.807) is 0 Å². The first-order valence-electron chi connectivity index (χ1n) is 4.77. The highest BCUT2D eigenvalue weighted by molar-refractivity contribution is 5.90. The SMILES string of the molecule is NC(=O)c1ccn(-c2ccc(C(F)(F)F)cn2)n1. The van der Waals surface area contributed by atoms with Crippen molar-refractivity contribution in [3.63, 3.8) is 0 Å². The monoisotopic (exact) mass is 256 g/mol. The van der Waals surface area contributed by atoms with Crippen LogP contribution in [-0.4, -0.2) is 20.7 Å². The van der Waals surface area contributed by atoms with E-state index in [-0.39, 0.29) is 11.5 Å². The van der Waals surface area contributed by atoms with Crippen LogP contribution in [0.1, 0.15) is 16.1 Å². The third kappa shape index (κ3) is 2.31. The van der Waals surface area contributed by atoms with Gasteiger partial charge in [0.25, 0.3) is 5.91 Å². The summed E-state index contributed by atoms with van der Waals surface area (Å²) >= 11 is 0. The first kappa shape index (κ1) is 12.1. The van der Waals surface area contributed by atoms with Crippen molar-refractivity contribution in [2.24, 2.45) is 5.73 Å². The first-order valence-corrected chi connectivity index (χ1v) is 4.77. The lowest BCUT2D eigenvalue weighted by molar-refractivity contribution is -0.137. The molecule has 0 spiro atoms. The van der Waals surface area contributed by atoms with E-state index in [2.05, 4.69) is 10.1 Å². The summed E-state index contributed by atoms with van der Waals surface area (Å²) < 4.78 is 38.1. The molecule has 0 aliphatic heterocycles. The van der Waals surface area contributed by atoms with E-state index in [9.17, 15) is 18.0 Å². The van der Waals surface area contributed by atoms with Crippen LogP contribution >= 0.6 is 0 Å². The third-order valence-corrected chi connectivity index (χ3v) is 2.15. The highest BCUT2D eigenvalue weighted by Gasteiger charge is 2.30. The molecule has 8 heteroatoms. The zero-order chi connectivity index (χ0) is 13.3. The number of primary amides is 1. The van der Waals surface area contributed by atoms with Crippen LogP contribution in [0.15, 0.2) is 30.6 Å². The Bertz CT molecular complexity index is 574. The number of halogens is 3. The lowest BCUT2D eigenvalue weighted by Crippen LogP contribution is -2.12. The van der Waals surface area contributed by atoms with Crippen molar-refractivity contribution in [1.82, 2.24) is 14.8 Å². The molecule has 2 rings (SSSR count). The Morgan fingerprint density at radius 1 is 1.28 bits per heavy atom. The van der Waals surface area contributed by atoms with E-state index < -0.39 is 17.6 Å². The molecule has 2 N–H and O–H groups in total. The van der Waals surface area contributed by atoms with Gasteiger partial charge in [0.15, 0.2) is 5.82 Å². The Balaban J connectivity index is 2.31. The van der Waals surface area contributed by atoms with Crippen molar-refractivity contribution in [1.29, 1.82) is 0 Å². The zero-order valence-corrected chi connectivity index (χ0v) is 8.85. The summed E-state index contributed by atoms with van der Waals surface area (Å²) in [5, 5.41) is 3.77. The summed E-state index contributed by atoms with van der Waals surface area (Å²) in [6, 6.07) is 3.39. The number of amides is 1. The summed E-state index contributed by atoms with van der Waals surface area (Å²) in [7, 11) is 0. The Labute approximate surface area is 99.0 Å². The predicted octanol–water partition coefficient (Wildman–Crippen LogP) is 1.39. The second kappa shape index (κ2) is 4.13. The molecule has 94 valence electrons. The molecule has 0 bridgehead atoms. The maximum atomic E-state index is 12.3. The average molecular weight is 256 g/mol. The summed E-state index contributed by atoms with van der Waals surface area (Å²) in [5.74, 6) is -0.559. The van der Waals surface area contributed by atoms with Crippen LogP contribution in [0, 0.1) is 0 Å². The minimum absolute atomic E-state index is 0.0108. The highest BCUT2D eigenvalue weighted by atomic mass is 19.4. The molecule has 0 atom stereocenters. The molecule has 0 aromatic carbocycles. The lowest BCUT2D eigenvalue weighted by Gasteiger charge is -2.06. The molecule has 0 unspecified atom stereocenters. The lowest BCUT2D eigenvalue weighted by atomic mass is 10.3. The fourth-order valence-electron chi connectivity index (χ4n) is 1.27. The Kier molecular flexibility index (Phi) is 2.77.